The lowest BCUT2D eigenvalue weighted by Crippen LogP contribution is -1.95. The van der Waals surface area contributed by atoms with E-state index in [4.69, 9.17) is 14.9 Å². The van der Waals surface area contributed by atoms with Crippen molar-refractivity contribution in [3.05, 3.63) is 52.5 Å². The van der Waals surface area contributed by atoms with Gasteiger partial charge in [0.25, 0.3) is 0 Å². The maximum absolute atomic E-state index is 5.91. The average molecular weight is 286 g/mol. The standard InChI is InChI=1S/C15H14N2O2S/c1-18-13-5-4-10(7-11(13)16)8-15-17-12(9-20-15)14-3-2-6-19-14/h2-7,9H,8,16H2,1H3. The number of hydrogen-bond acceptors (Lipinski definition) is 5. The molecule has 4 nitrogen and oxygen atoms in total. The first-order valence-corrected chi connectivity index (χ1v) is 7.05. The van der Waals surface area contributed by atoms with Crippen molar-refractivity contribution in [2.75, 3.05) is 12.8 Å². The number of anilines is 1. The summed E-state index contributed by atoms with van der Waals surface area (Å²) < 4.78 is 10.5. The van der Waals surface area contributed by atoms with E-state index in [2.05, 4.69) is 4.98 Å². The van der Waals surface area contributed by atoms with Crippen LogP contribution in [0.1, 0.15) is 10.6 Å². The molecule has 0 saturated heterocycles. The zero-order valence-corrected chi connectivity index (χ0v) is 11.8. The third-order valence-corrected chi connectivity index (χ3v) is 3.82. The summed E-state index contributed by atoms with van der Waals surface area (Å²) in [6.07, 6.45) is 2.40. The quantitative estimate of drug-likeness (QED) is 0.745. The largest absolute Gasteiger partial charge is 0.495 e. The van der Waals surface area contributed by atoms with Crippen LogP contribution in [0.5, 0.6) is 5.75 Å². The van der Waals surface area contributed by atoms with Crippen LogP contribution in [0, 0.1) is 0 Å². The van der Waals surface area contributed by atoms with Gasteiger partial charge in [0.1, 0.15) is 11.4 Å². The van der Waals surface area contributed by atoms with Crippen molar-refractivity contribution in [2.24, 2.45) is 0 Å². The second-order valence-corrected chi connectivity index (χ2v) is 5.30. The summed E-state index contributed by atoms with van der Waals surface area (Å²) in [5.41, 5.74) is 8.54. The van der Waals surface area contributed by atoms with E-state index in [0.717, 1.165) is 28.4 Å². The molecule has 0 spiro atoms. The van der Waals surface area contributed by atoms with Crippen molar-refractivity contribution in [2.45, 2.75) is 6.42 Å². The third-order valence-electron chi connectivity index (χ3n) is 2.97. The Bertz CT molecular complexity index is 704. The van der Waals surface area contributed by atoms with E-state index in [1.54, 1.807) is 24.7 Å². The minimum Gasteiger partial charge on any atom is -0.495 e. The average Bonchev–Trinajstić information content (AvgIpc) is 3.09. The molecule has 20 heavy (non-hydrogen) atoms. The van der Waals surface area contributed by atoms with Gasteiger partial charge in [-0.25, -0.2) is 4.98 Å². The van der Waals surface area contributed by atoms with Crippen LogP contribution in [-0.2, 0) is 6.42 Å². The number of aromatic nitrogens is 1. The van der Waals surface area contributed by atoms with Crippen molar-refractivity contribution in [1.82, 2.24) is 4.98 Å². The minimum atomic E-state index is 0.646. The van der Waals surface area contributed by atoms with Gasteiger partial charge in [0.05, 0.1) is 24.1 Å². The van der Waals surface area contributed by atoms with Crippen molar-refractivity contribution in [1.29, 1.82) is 0 Å². The van der Waals surface area contributed by atoms with Crippen LogP contribution in [0.3, 0.4) is 0 Å². The van der Waals surface area contributed by atoms with Crippen LogP contribution in [0.15, 0.2) is 46.4 Å². The Kier molecular flexibility index (Phi) is 3.43. The van der Waals surface area contributed by atoms with Gasteiger partial charge in [0.15, 0.2) is 5.76 Å². The van der Waals surface area contributed by atoms with Crippen LogP contribution in [0.25, 0.3) is 11.5 Å². The Morgan fingerprint density at radius 3 is 2.95 bits per heavy atom. The van der Waals surface area contributed by atoms with Crippen molar-refractivity contribution in [3.8, 4) is 17.2 Å². The number of furan rings is 1. The molecule has 3 aromatic rings. The molecule has 0 fully saturated rings. The van der Waals surface area contributed by atoms with Crippen LogP contribution < -0.4 is 10.5 Å². The number of benzene rings is 1. The number of methoxy groups -OCH3 is 1. The maximum Gasteiger partial charge on any atom is 0.153 e. The number of nitrogen functional groups attached to an aromatic ring is 1. The topological polar surface area (TPSA) is 61.3 Å². The van der Waals surface area contributed by atoms with Gasteiger partial charge in [-0.1, -0.05) is 6.07 Å². The number of nitrogens with two attached hydrogens (primary N) is 1. The molecule has 102 valence electrons. The Labute approximate surface area is 120 Å². The molecule has 0 atom stereocenters. The number of nitrogens with zero attached hydrogens (tertiary/aromatic N) is 1. The number of thiazole rings is 1. The summed E-state index contributed by atoms with van der Waals surface area (Å²) in [5.74, 6) is 1.49. The summed E-state index contributed by atoms with van der Waals surface area (Å²) in [4.78, 5) is 4.57. The normalized spacial score (nSPS) is 10.7. The third kappa shape index (κ3) is 2.53. The lowest BCUT2D eigenvalue weighted by atomic mass is 10.1. The van der Waals surface area contributed by atoms with E-state index in [1.807, 2.05) is 35.7 Å². The SMILES string of the molecule is COc1ccc(Cc2nc(-c3ccco3)cs2)cc1N. The molecule has 0 bridgehead atoms. The first kappa shape index (κ1) is 12.7. The van der Waals surface area contributed by atoms with Crippen molar-refractivity contribution in [3.63, 3.8) is 0 Å². The lowest BCUT2D eigenvalue weighted by Gasteiger charge is -2.05. The Morgan fingerprint density at radius 2 is 2.25 bits per heavy atom. The molecule has 0 amide bonds. The second-order valence-electron chi connectivity index (χ2n) is 4.36. The highest BCUT2D eigenvalue weighted by Gasteiger charge is 2.08. The molecule has 1 aromatic carbocycles. The molecule has 0 radical (unpaired) electrons. The van der Waals surface area contributed by atoms with Gasteiger partial charge in [0, 0.05) is 11.8 Å². The van der Waals surface area contributed by atoms with E-state index < -0.39 is 0 Å². The molecule has 2 aromatic heterocycles. The summed E-state index contributed by atoms with van der Waals surface area (Å²) >= 11 is 1.62. The molecule has 0 aliphatic rings. The molecule has 2 N–H and O–H groups in total. The molecule has 0 aliphatic carbocycles. The predicted molar refractivity (Wildman–Crippen MR) is 80.0 cm³/mol. The zero-order valence-electron chi connectivity index (χ0n) is 11.0. The first-order valence-electron chi connectivity index (χ1n) is 6.17. The first-order chi connectivity index (χ1) is 9.76. The van der Waals surface area contributed by atoms with E-state index in [0.29, 0.717) is 11.4 Å². The lowest BCUT2D eigenvalue weighted by molar-refractivity contribution is 0.417. The van der Waals surface area contributed by atoms with E-state index >= 15 is 0 Å². The van der Waals surface area contributed by atoms with E-state index in [9.17, 15) is 0 Å². The van der Waals surface area contributed by atoms with Gasteiger partial charge in [-0.15, -0.1) is 11.3 Å². The molecular formula is C15H14N2O2S. The summed E-state index contributed by atoms with van der Waals surface area (Å²) in [6.45, 7) is 0. The van der Waals surface area contributed by atoms with Gasteiger partial charge >= 0.3 is 0 Å². The number of hydrogen-bond donors (Lipinski definition) is 1. The predicted octanol–water partition coefficient (Wildman–Crippen LogP) is 3.58. The zero-order chi connectivity index (χ0) is 13.9. The summed E-state index contributed by atoms with van der Waals surface area (Å²) in [6, 6.07) is 9.57. The minimum absolute atomic E-state index is 0.646. The molecule has 0 saturated carbocycles. The monoisotopic (exact) mass is 286 g/mol. The highest BCUT2D eigenvalue weighted by atomic mass is 32.1. The van der Waals surface area contributed by atoms with Crippen molar-refractivity contribution >= 4 is 17.0 Å². The fourth-order valence-electron chi connectivity index (χ4n) is 2.00. The van der Waals surface area contributed by atoms with Gasteiger partial charge in [-0.05, 0) is 29.8 Å². The van der Waals surface area contributed by atoms with Crippen molar-refractivity contribution < 1.29 is 9.15 Å². The smallest absolute Gasteiger partial charge is 0.153 e. The fourth-order valence-corrected chi connectivity index (χ4v) is 2.82. The van der Waals surface area contributed by atoms with Gasteiger partial charge in [0.2, 0.25) is 0 Å². The van der Waals surface area contributed by atoms with Crippen LogP contribution in [0.2, 0.25) is 0 Å². The molecule has 5 heteroatoms. The second kappa shape index (κ2) is 5.38. The summed E-state index contributed by atoms with van der Waals surface area (Å²) in [7, 11) is 1.61. The summed E-state index contributed by atoms with van der Waals surface area (Å²) in [5, 5.41) is 3.03. The maximum atomic E-state index is 5.91. The van der Waals surface area contributed by atoms with Gasteiger partial charge in [-0.2, -0.15) is 0 Å². The Balaban J connectivity index is 1.80. The molecule has 0 unspecified atom stereocenters. The van der Waals surface area contributed by atoms with Crippen LogP contribution in [-0.4, -0.2) is 12.1 Å². The number of ether oxygens (including phenoxy) is 1. The van der Waals surface area contributed by atoms with Crippen LogP contribution >= 0.6 is 11.3 Å². The molecule has 0 aliphatic heterocycles. The van der Waals surface area contributed by atoms with Gasteiger partial charge < -0.3 is 14.9 Å². The molecule has 2 heterocycles. The number of rotatable bonds is 4. The van der Waals surface area contributed by atoms with E-state index in [-0.39, 0.29) is 0 Å². The Morgan fingerprint density at radius 1 is 1.35 bits per heavy atom. The molecule has 3 rings (SSSR count). The van der Waals surface area contributed by atoms with Crippen LogP contribution in [0.4, 0.5) is 5.69 Å². The molecular weight excluding hydrogens is 272 g/mol. The van der Waals surface area contributed by atoms with Gasteiger partial charge in [-0.3, -0.25) is 0 Å². The highest BCUT2D eigenvalue weighted by Crippen LogP contribution is 2.26. The van der Waals surface area contributed by atoms with E-state index in [1.165, 1.54) is 0 Å². The Hall–Kier alpha value is -2.27. The highest BCUT2D eigenvalue weighted by molar-refractivity contribution is 7.10. The fraction of sp³-hybridized carbons (Fsp3) is 0.133.